The molecule has 1 amide bonds. The molecule has 29 heavy (non-hydrogen) atoms. The quantitative estimate of drug-likeness (QED) is 0.712. The highest BCUT2D eigenvalue weighted by Gasteiger charge is 2.42. The van der Waals surface area contributed by atoms with E-state index in [0.29, 0.717) is 31.7 Å². The zero-order valence-corrected chi connectivity index (χ0v) is 16.9. The molecule has 2 bridgehead atoms. The van der Waals surface area contributed by atoms with E-state index in [9.17, 15) is 14.4 Å². The van der Waals surface area contributed by atoms with Gasteiger partial charge >= 0.3 is 5.97 Å². The van der Waals surface area contributed by atoms with E-state index in [-0.39, 0.29) is 36.2 Å². The molecule has 1 aromatic rings. The number of carbonyl (C=O) groups is 3. The maximum atomic E-state index is 12.5. The van der Waals surface area contributed by atoms with Crippen molar-refractivity contribution in [2.75, 3.05) is 32.8 Å². The Balaban J connectivity index is 1.19. The predicted octanol–water partition coefficient (Wildman–Crippen LogP) is 2.27. The number of hydrogen-bond donors (Lipinski definition) is 0. The van der Waals surface area contributed by atoms with E-state index in [2.05, 4.69) is 17.0 Å². The van der Waals surface area contributed by atoms with Crippen molar-refractivity contribution < 1.29 is 19.1 Å². The smallest absolute Gasteiger partial charge is 0.309 e. The van der Waals surface area contributed by atoms with Gasteiger partial charge in [0.15, 0.2) is 6.61 Å². The van der Waals surface area contributed by atoms with E-state index in [0.717, 1.165) is 38.9 Å². The van der Waals surface area contributed by atoms with Gasteiger partial charge in [-0.3, -0.25) is 19.3 Å². The van der Waals surface area contributed by atoms with Crippen LogP contribution in [0.3, 0.4) is 0 Å². The van der Waals surface area contributed by atoms with E-state index in [4.69, 9.17) is 4.74 Å². The summed E-state index contributed by atoms with van der Waals surface area (Å²) >= 11 is 0. The molecule has 2 saturated carbocycles. The number of ketones is 1. The summed E-state index contributed by atoms with van der Waals surface area (Å²) in [5.74, 6) is -0.264. The van der Waals surface area contributed by atoms with Gasteiger partial charge in [-0.2, -0.15) is 0 Å². The third-order valence-electron chi connectivity index (χ3n) is 6.69. The van der Waals surface area contributed by atoms with Gasteiger partial charge in [-0.05, 0) is 31.2 Å². The van der Waals surface area contributed by atoms with Crippen molar-refractivity contribution in [1.82, 2.24) is 9.80 Å². The average Bonchev–Trinajstić information content (AvgIpc) is 2.73. The predicted molar refractivity (Wildman–Crippen MR) is 108 cm³/mol. The Morgan fingerprint density at radius 3 is 2.28 bits per heavy atom. The molecule has 3 fully saturated rings. The molecule has 0 N–H and O–H groups in total. The third-order valence-corrected chi connectivity index (χ3v) is 6.69. The van der Waals surface area contributed by atoms with Gasteiger partial charge < -0.3 is 9.64 Å². The summed E-state index contributed by atoms with van der Waals surface area (Å²) in [6, 6.07) is 10.3. The first-order valence-corrected chi connectivity index (χ1v) is 10.8. The summed E-state index contributed by atoms with van der Waals surface area (Å²) in [6.07, 6.45) is 4.06. The molecule has 0 radical (unpaired) electrons. The molecule has 1 aliphatic heterocycles. The topological polar surface area (TPSA) is 66.9 Å². The van der Waals surface area contributed by atoms with Crippen LogP contribution in [-0.2, 0) is 25.7 Å². The van der Waals surface area contributed by atoms with Crippen LogP contribution < -0.4 is 0 Å². The van der Waals surface area contributed by atoms with Crippen molar-refractivity contribution in [3.8, 4) is 0 Å². The molecule has 6 heteroatoms. The van der Waals surface area contributed by atoms with Gasteiger partial charge in [-0.25, -0.2) is 0 Å². The van der Waals surface area contributed by atoms with E-state index >= 15 is 0 Å². The van der Waals surface area contributed by atoms with Crippen molar-refractivity contribution in [3.05, 3.63) is 35.9 Å². The van der Waals surface area contributed by atoms with E-state index < -0.39 is 0 Å². The molecule has 0 aromatic heterocycles. The molecular formula is C23H30N2O4. The summed E-state index contributed by atoms with van der Waals surface area (Å²) in [4.78, 5) is 41.2. The summed E-state index contributed by atoms with van der Waals surface area (Å²) in [6.45, 7) is 3.67. The fraction of sp³-hybridized carbons (Fsp3) is 0.609. The third kappa shape index (κ3) is 4.86. The molecule has 4 rings (SSSR count). The highest BCUT2D eigenvalue weighted by atomic mass is 16.5. The van der Waals surface area contributed by atoms with Crippen LogP contribution in [0.1, 0.15) is 37.7 Å². The number of fused-ring (bicyclic) bond motifs is 2. The Labute approximate surface area is 172 Å². The number of benzene rings is 1. The van der Waals surface area contributed by atoms with Gasteiger partial charge in [0.1, 0.15) is 5.78 Å². The number of Topliss-reactive ketones (excluding diaryl/α,β-unsaturated/α-hetero) is 1. The summed E-state index contributed by atoms with van der Waals surface area (Å²) in [7, 11) is 0. The number of carbonyl (C=O) groups excluding carboxylic acids is 3. The second kappa shape index (κ2) is 9.08. The molecule has 2 unspecified atom stereocenters. The molecule has 2 atom stereocenters. The van der Waals surface area contributed by atoms with Crippen molar-refractivity contribution in [3.63, 3.8) is 0 Å². The molecule has 156 valence electrons. The van der Waals surface area contributed by atoms with E-state index in [1.54, 1.807) is 4.90 Å². The average molecular weight is 399 g/mol. The highest BCUT2D eigenvalue weighted by Crippen LogP contribution is 2.40. The lowest BCUT2D eigenvalue weighted by atomic mass is 9.67. The molecule has 3 aliphatic rings. The van der Waals surface area contributed by atoms with Crippen LogP contribution in [0.15, 0.2) is 30.3 Å². The molecular weight excluding hydrogens is 368 g/mol. The first-order valence-electron chi connectivity index (χ1n) is 10.8. The standard InChI is InChI=1S/C23H30N2O4/c26-21(25-11-9-24(10-12-25)15-17-5-2-1-3-6-17)16-29-23(28)20-13-18-7-4-8-19(14-20)22(18)27/h1-3,5-6,18-20H,4,7-16H2. The minimum Gasteiger partial charge on any atom is -0.455 e. The second-order valence-corrected chi connectivity index (χ2v) is 8.65. The molecule has 0 spiro atoms. The maximum Gasteiger partial charge on any atom is 0.309 e. The monoisotopic (exact) mass is 398 g/mol. The minimum absolute atomic E-state index is 0.0217. The van der Waals surface area contributed by atoms with Gasteiger partial charge in [-0.1, -0.05) is 36.8 Å². The van der Waals surface area contributed by atoms with Gasteiger partial charge in [0, 0.05) is 44.6 Å². The Bertz CT molecular complexity index is 727. The molecule has 6 nitrogen and oxygen atoms in total. The van der Waals surface area contributed by atoms with Crippen LogP contribution in [0.25, 0.3) is 0 Å². The fourth-order valence-corrected chi connectivity index (χ4v) is 5.01. The largest absolute Gasteiger partial charge is 0.455 e. The van der Waals surface area contributed by atoms with Gasteiger partial charge in [0.2, 0.25) is 0 Å². The van der Waals surface area contributed by atoms with Crippen LogP contribution >= 0.6 is 0 Å². The first-order chi connectivity index (χ1) is 14.1. The number of rotatable bonds is 5. The Morgan fingerprint density at radius 2 is 1.62 bits per heavy atom. The number of piperazine rings is 1. The van der Waals surface area contributed by atoms with Crippen LogP contribution in [0, 0.1) is 17.8 Å². The van der Waals surface area contributed by atoms with Crippen molar-refractivity contribution >= 4 is 17.7 Å². The van der Waals surface area contributed by atoms with Crippen molar-refractivity contribution in [1.29, 1.82) is 0 Å². The zero-order valence-electron chi connectivity index (χ0n) is 16.9. The number of amides is 1. The normalized spacial score (nSPS) is 27.5. The Morgan fingerprint density at radius 1 is 0.966 bits per heavy atom. The number of esters is 1. The fourth-order valence-electron chi connectivity index (χ4n) is 5.01. The zero-order chi connectivity index (χ0) is 20.2. The Kier molecular flexibility index (Phi) is 6.28. The van der Waals surface area contributed by atoms with Crippen molar-refractivity contribution in [2.24, 2.45) is 17.8 Å². The van der Waals surface area contributed by atoms with E-state index in [1.165, 1.54) is 5.56 Å². The molecule has 1 saturated heterocycles. The number of ether oxygens (including phenoxy) is 1. The van der Waals surface area contributed by atoms with E-state index in [1.807, 2.05) is 18.2 Å². The lowest BCUT2D eigenvalue weighted by molar-refractivity contribution is -0.159. The molecule has 2 aliphatic carbocycles. The SMILES string of the molecule is O=C(OCC(=O)N1CCN(Cc2ccccc2)CC1)C1CC2CCCC(C1)C2=O. The van der Waals surface area contributed by atoms with Gasteiger partial charge in [0.25, 0.3) is 5.91 Å². The number of hydrogen-bond acceptors (Lipinski definition) is 5. The summed E-state index contributed by atoms with van der Waals surface area (Å²) in [5, 5.41) is 0. The van der Waals surface area contributed by atoms with Gasteiger partial charge in [-0.15, -0.1) is 0 Å². The van der Waals surface area contributed by atoms with Crippen molar-refractivity contribution in [2.45, 2.75) is 38.6 Å². The highest BCUT2D eigenvalue weighted by molar-refractivity contribution is 5.88. The van der Waals surface area contributed by atoms with Crippen LogP contribution in [0.5, 0.6) is 0 Å². The number of nitrogens with zero attached hydrogens (tertiary/aromatic N) is 2. The lowest BCUT2D eigenvalue weighted by Gasteiger charge is -2.37. The van der Waals surface area contributed by atoms with Crippen LogP contribution in [-0.4, -0.2) is 60.2 Å². The van der Waals surface area contributed by atoms with Crippen LogP contribution in [0.4, 0.5) is 0 Å². The second-order valence-electron chi connectivity index (χ2n) is 8.65. The molecule has 1 heterocycles. The lowest BCUT2D eigenvalue weighted by Crippen LogP contribution is -2.49. The summed E-state index contributed by atoms with van der Waals surface area (Å²) in [5.41, 5.74) is 1.27. The van der Waals surface area contributed by atoms with Gasteiger partial charge in [0.05, 0.1) is 5.92 Å². The van der Waals surface area contributed by atoms with Crippen LogP contribution in [0.2, 0.25) is 0 Å². The maximum absolute atomic E-state index is 12.5. The Hall–Kier alpha value is -2.21. The first kappa shape index (κ1) is 20.1. The minimum atomic E-state index is -0.300. The molecule has 1 aromatic carbocycles. The summed E-state index contributed by atoms with van der Waals surface area (Å²) < 4.78 is 5.36.